The van der Waals surface area contributed by atoms with E-state index < -0.39 is 0 Å². The summed E-state index contributed by atoms with van der Waals surface area (Å²) >= 11 is 0. The van der Waals surface area contributed by atoms with Crippen molar-refractivity contribution in [2.45, 2.75) is 32.1 Å². The zero-order valence-electron chi connectivity index (χ0n) is 15.3. The molecule has 1 saturated heterocycles. The van der Waals surface area contributed by atoms with Crippen molar-refractivity contribution in [1.29, 1.82) is 0 Å². The summed E-state index contributed by atoms with van der Waals surface area (Å²) in [4.78, 5) is 14.8. The van der Waals surface area contributed by atoms with Crippen LogP contribution in [0.3, 0.4) is 0 Å². The maximum atomic E-state index is 12.6. The van der Waals surface area contributed by atoms with E-state index in [1.54, 1.807) is 0 Å². The molecule has 4 rings (SSSR count). The first-order valence-electron chi connectivity index (χ1n) is 9.44. The second kappa shape index (κ2) is 6.85. The Balaban J connectivity index is 1.48. The first-order chi connectivity index (χ1) is 12.6. The SMILES string of the molecule is CC1(CN)CCN(CC(=O)Nc2cc(C3CC3)nn2-c2ccccc2)C1. The number of aromatic nitrogens is 2. The van der Waals surface area contributed by atoms with Gasteiger partial charge in [-0.3, -0.25) is 9.69 Å². The zero-order chi connectivity index (χ0) is 18.1. The molecule has 1 atom stereocenters. The van der Waals surface area contributed by atoms with Gasteiger partial charge in [-0.15, -0.1) is 0 Å². The molecule has 1 aromatic heterocycles. The molecule has 26 heavy (non-hydrogen) atoms. The molecule has 1 aromatic carbocycles. The van der Waals surface area contributed by atoms with Crippen molar-refractivity contribution in [2.24, 2.45) is 11.1 Å². The Labute approximate surface area is 154 Å². The number of nitrogens with zero attached hydrogens (tertiary/aromatic N) is 3. The summed E-state index contributed by atoms with van der Waals surface area (Å²) in [6.45, 7) is 5.05. The molecule has 2 aliphatic rings. The summed E-state index contributed by atoms with van der Waals surface area (Å²) < 4.78 is 1.85. The molecule has 1 saturated carbocycles. The molecular formula is C20H27N5O. The molecule has 0 spiro atoms. The predicted molar refractivity (Wildman–Crippen MR) is 102 cm³/mol. The Morgan fingerprint density at radius 1 is 1.35 bits per heavy atom. The third kappa shape index (κ3) is 3.66. The lowest BCUT2D eigenvalue weighted by molar-refractivity contribution is -0.117. The molecule has 138 valence electrons. The van der Waals surface area contributed by atoms with Crippen LogP contribution < -0.4 is 11.1 Å². The summed E-state index contributed by atoms with van der Waals surface area (Å²) in [6.07, 6.45) is 3.42. The first-order valence-corrected chi connectivity index (χ1v) is 9.44. The zero-order valence-corrected chi connectivity index (χ0v) is 15.3. The highest BCUT2D eigenvalue weighted by Gasteiger charge is 2.33. The Kier molecular flexibility index (Phi) is 4.54. The molecule has 1 amide bonds. The molecule has 2 aromatic rings. The number of hydrogen-bond donors (Lipinski definition) is 2. The van der Waals surface area contributed by atoms with Gasteiger partial charge >= 0.3 is 0 Å². The predicted octanol–water partition coefficient (Wildman–Crippen LogP) is 2.36. The summed E-state index contributed by atoms with van der Waals surface area (Å²) in [5, 5.41) is 7.81. The summed E-state index contributed by atoms with van der Waals surface area (Å²) in [5.74, 6) is 1.30. The third-order valence-corrected chi connectivity index (χ3v) is 5.49. The highest BCUT2D eigenvalue weighted by atomic mass is 16.2. The van der Waals surface area contributed by atoms with E-state index in [-0.39, 0.29) is 11.3 Å². The number of amides is 1. The molecule has 6 nitrogen and oxygen atoms in total. The molecule has 0 bridgehead atoms. The molecule has 1 aliphatic heterocycles. The van der Waals surface area contributed by atoms with Crippen LogP contribution in [0.25, 0.3) is 5.69 Å². The van der Waals surface area contributed by atoms with Gasteiger partial charge in [0, 0.05) is 18.5 Å². The molecule has 2 heterocycles. The second-order valence-corrected chi connectivity index (χ2v) is 8.00. The summed E-state index contributed by atoms with van der Waals surface area (Å²) in [7, 11) is 0. The molecule has 2 fully saturated rings. The van der Waals surface area contributed by atoms with Gasteiger partial charge < -0.3 is 11.1 Å². The third-order valence-electron chi connectivity index (χ3n) is 5.49. The second-order valence-electron chi connectivity index (χ2n) is 8.00. The van der Waals surface area contributed by atoms with Crippen LogP contribution in [0.2, 0.25) is 0 Å². The van der Waals surface area contributed by atoms with Crippen molar-refractivity contribution < 1.29 is 4.79 Å². The van der Waals surface area contributed by atoms with Crippen LogP contribution in [0.5, 0.6) is 0 Å². The average molecular weight is 353 g/mol. The van der Waals surface area contributed by atoms with Crippen molar-refractivity contribution in [3.8, 4) is 5.69 Å². The lowest BCUT2D eigenvalue weighted by Gasteiger charge is -2.22. The lowest BCUT2D eigenvalue weighted by atomic mass is 9.90. The van der Waals surface area contributed by atoms with Crippen molar-refractivity contribution in [1.82, 2.24) is 14.7 Å². The number of nitrogens with one attached hydrogen (secondary N) is 1. The molecular weight excluding hydrogens is 326 g/mol. The van der Waals surface area contributed by atoms with Crippen molar-refractivity contribution in [3.05, 3.63) is 42.1 Å². The molecule has 1 unspecified atom stereocenters. The van der Waals surface area contributed by atoms with Crippen LogP contribution in [-0.4, -0.2) is 46.8 Å². The van der Waals surface area contributed by atoms with Crippen LogP contribution in [0.1, 0.15) is 37.8 Å². The van der Waals surface area contributed by atoms with Gasteiger partial charge in [0.15, 0.2) is 0 Å². The van der Waals surface area contributed by atoms with Gasteiger partial charge in [0.1, 0.15) is 5.82 Å². The van der Waals surface area contributed by atoms with E-state index in [2.05, 4.69) is 17.1 Å². The monoisotopic (exact) mass is 353 g/mol. The number of anilines is 1. The quantitative estimate of drug-likeness (QED) is 0.836. The number of carbonyl (C=O) groups is 1. The van der Waals surface area contributed by atoms with Crippen LogP contribution in [0.4, 0.5) is 5.82 Å². The maximum Gasteiger partial charge on any atom is 0.239 e. The van der Waals surface area contributed by atoms with E-state index in [9.17, 15) is 4.79 Å². The van der Waals surface area contributed by atoms with E-state index >= 15 is 0 Å². The van der Waals surface area contributed by atoms with E-state index in [0.717, 1.165) is 36.7 Å². The van der Waals surface area contributed by atoms with Crippen LogP contribution in [0, 0.1) is 5.41 Å². The Morgan fingerprint density at radius 2 is 2.12 bits per heavy atom. The molecule has 0 radical (unpaired) electrons. The van der Waals surface area contributed by atoms with Crippen LogP contribution in [0.15, 0.2) is 36.4 Å². The van der Waals surface area contributed by atoms with E-state index in [1.165, 1.54) is 12.8 Å². The minimum Gasteiger partial charge on any atom is -0.330 e. The topological polar surface area (TPSA) is 76.2 Å². The summed E-state index contributed by atoms with van der Waals surface area (Å²) in [5.41, 5.74) is 8.03. The van der Waals surface area contributed by atoms with Gasteiger partial charge in [-0.2, -0.15) is 5.10 Å². The fraction of sp³-hybridized carbons (Fsp3) is 0.500. The van der Waals surface area contributed by atoms with Crippen LogP contribution >= 0.6 is 0 Å². The van der Waals surface area contributed by atoms with Gasteiger partial charge in [0.25, 0.3) is 0 Å². The average Bonchev–Trinajstić information content (AvgIpc) is 3.31. The minimum absolute atomic E-state index is 0.00528. The molecule has 1 aliphatic carbocycles. The number of para-hydroxylation sites is 1. The Bertz CT molecular complexity index is 783. The fourth-order valence-electron chi connectivity index (χ4n) is 3.65. The minimum atomic E-state index is 0.00528. The Hall–Kier alpha value is -2.18. The maximum absolute atomic E-state index is 12.6. The summed E-state index contributed by atoms with van der Waals surface area (Å²) in [6, 6.07) is 12.0. The Morgan fingerprint density at radius 3 is 2.77 bits per heavy atom. The first kappa shape index (κ1) is 17.2. The van der Waals surface area contributed by atoms with E-state index in [1.807, 2.05) is 41.1 Å². The van der Waals surface area contributed by atoms with Crippen molar-refractivity contribution in [3.63, 3.8) is 0 Å². The fourth-order valence-corrected chi connectivity index (χ4v) is 3.65. The number of nitrogens with two attached hydrogens (primary N) is 1. The van der Waals surface area contributed by atoms with Gasteiger partial charge in [0.2, 0.25) is 5.91 Å². The number of rotatable bonds is 6. The highest BCUT2D eigenvalue weighted by molar-refractivity contribution is 5.91. The standard InChI is InChI=1S/C20H27N5O/c1-20(13-21)9-10-24(14-20)12-19(26)22-18-11-17(15-7-8-15)23-25(18)16-5-3-2-4-6-16/h2-6,11,15H,7-10,12-14,21H2,1H3,(H,22,26). The lowest BCUT2D eigenvalue weighted by Crippen LogP contribution is -2.35. The number of likely N-dealkylation sites (tertiary alicyclic amines) is 1. The van der Waals surface area contributed by atoms with E-state index in [0.29, 0.717) is 19.0 Å². The molecule has 3 N–H and O–H groups in total. The van der Waals surface area contributed by atoms with Crippen molar-refractivity contribution in [2.75, 3.05) is 31.5 Å². The van der Waals surface area contributed by atoms with Gasteiger partial charge in [-0.1, -0.05) is 25.1 Å². The highest BCUT2D eigenvalue weighted by Crippen LogP contribution is 2.40. The smallest absolute Gasteiger partial charge is 0.239 e. The number of benzene rings is 1. The van der Waals surface area contributed by atoms with E-state index in [4.69, 9.17) is 10.8 Å². The van der Waals surface area contributed by atoms with Gasteiger partial charge in [0.05, 0.1) is 17.9 Å². The largest absolute Gasteiger partial charge is 0.330 e. The van der Waals surface area contributed by atoms with Gasteiger partial charge in [-0.05, 0) is 49.9 Å². The van der Waals surface area contributed by atoms with Crippen LogP contribution in [-0.2, 0) is 4.79 Å². The van der Waals surface area contributed by atoms with Crippen molar-refractivity contribution >= 4 is 11.7 Å². The molecule has 6 heteroatoms. The van der Waals surface area contributed by atoms with Gasteiger partial charge in [-0.25, -0.2) is 4.68 Å². The normalized spacial score (nSPS) is 23.3. The number of carbonyl (C=O) groups excluding carboxylic acids is 1. The number of hydrogen-bond acceptors (Lipinski definition) is 4.